The van der Waals surface area contributed by atoms with Gasteiger partial charge < -0.3 is 5.32 Å². The predicted octanol–water partition coefficient (Wildman–Crippen LogP) is 3.06. The molecule has 1 aromatic rings. The average molecular weight is 329 g/mol. The van der Waals surface area contributed by atoms with E-state index in [2.05, 4.69) is 22.2 Å². The molecule has 1 aliphatic heterocycles. The number of thioether (sulfide) groups is 1. The SMILES string of the molecule is CCc1ccc(NC(=O)CSC2=NC(=O)C3CCCC3=N2)cc1. The van der Waals surface area contributed by atoms with Crippen LogP contribution in [0.4, 0.5) is 5.69 Å². The Morgan fingerprint density at radius 1 is 1.30 bits per heavy atom. The van der Waals surface area contributed by atoms with Crippen LogP contribution < -0.4 is 5.32 Å². The van der Waals surface area contributed by atoms with E-state index in [1.54, 1.807) is 0 Å². The molecule has 1 heterocycles. The first kappa shape index (κ1) is 15.9. The molecule has 0 aromatic heterocycles. The fourth-order valence-corrected chi connectivity index (χ4v) is 3.43. The highest BCUT2D eigenvalue weighted by molar-refractivity contribution is 8.14. The predicted molar refractivity (Wildman–Crippen MR) is 94.1 cm³/mol. The van der Waals surface area contributed by atoms with Gasteiger partial charge in [0.05, 0.1) is 11.7 Å². The van der Waals surface area contributed by atoms with E-state index in [0.717, 1.165) is 37.1 Å². The Balaban J connectivity index is 1.53. The molecule has 2 aliphatic rings. The Hall–Kier alpha value is -1.95. The summed E-state index contributed by atoms with van der Waals surface area (Å²) >= 11 is 1.21. The van der Waals surface area contributed by atoms with Gasteiger partial charge in [0.25, 0.3) is 5.91 Å². The van der Waals surface area contributed by atoms with Gasteiger partial charge >= 0.3 is 0 Å². The van der Waals surface area contributed by atoms with E-state index >= 15 is 0 Å². The Bertz CT molecular complexity index is 680. The summed E-state index contributed by atoms with van der Waals surface area (Å²) in [6.07, 6.45) is 3.69. The highest BCUT2D eigenvalue weighted by Gasteiger charge is 2.32. The maximum Gasteiger partial charge on any atom is 0.256 e. The number of hydrogen-bond donors (Lipinski definition) is 1. The standard InChI is InChI=1S/C17H19N3O2S/c1-2-11-6-8-12(9-7-11)18-15(21)10-23-17-19-14-5-3-4-13(14)16(22)20-17/h6-9,13H,2-5,10H2,1H3,(H,18,21). The Morgan fingerprint density at radius 2 is 2.09 bits per heavy atom. The molecule has 1 fully saturated rings. The second kappa shape index (κ2) is 7.08. The molecule has 1 unspecified atom stereocenters. The summed E-state index contributed by atoms with van der Waals surface area (Å²) in [4.78, 5) is 32.3. The zero-order chi connectivity index (χ0) is 16.2. The third-order valence-corrected chi connectivity index (χ3v) is 4.90. The topological polar surface area (TPSA) is 70.9 Å². The van der Waals surface area contributed by atoms with Gasteiger partial charge in [-0.05, 0) is 43.4 Å². The molecule has 120 valence electrons. The monoisotopic (exact) mass is 329 g/mol. The van der Waals surface area contributed by atoms with Crippen LogP contribution in [0.1, 0.15) is 31.7 Å². The van der Waals surface area contributed by atoms with Crippen molar-refractivity contribution in [2.45, 2.75) is 32.6 Å². The minimum Gasteiger partial charge on any atom is -0.325 e. The molecule has 5 nitrogen and oxygen atoms in total. The molecule has 0 saturated heterocycles. The molecule has 1 N–H and O–H groups in total. The number of nitrogens with one attached hydrogen (secondary N) is 1. The Labute approximate surface area is 139 Å². The molecule has 0 bridgehead atoms. The van der Waals surface area contributed by atoms with Crippen molar-refractivity contribution in [2.24, 2.45) is 15.9 Å². The minimum absolute atomic E-state index is 0.106. The van der Waals surface area contributed by atoms with Crippen LogP contribution in [0.3, 0.4) is 0 Å². The number of nitrogens with zero attached hydrogens (tertiary/aromatic N) is 2. The van der Waals surface area contributed by atoms with Crippen LogP contribution in [0, 0.1) is 5.92 Å². The fourth-order valence-electron chi connectivity index (χ4n) is 2.76. The first-order valence-corrected chi connectivity index (χ1v) is 8.86. The van der Waals surface area contributed by atoms with Crippen LogP contribution in [0.25, 0.3) is 0 Å². The van der Waals surface area contributed by atoms with Gasteiger partial charge in [-0.25, -0.2) is 4.99 Å². The molecular formula is C17H19N3O2S. The zero-order valence-corrected chi connectivity index (χ0v) is 13.9. The van der Waals surface area contributed by atoms with Crippen molar-refractivity contribution >= 4 is 40.1 Å². The van der Waals surface area contributed by atoms with Crippen molar-refractivity contribution in [3.8, 4) is 0 Å². The van der Waals surface area contributed by atoms with Gasteiger partial charge in [0.1, 0.15) is 0 Å². The molecule has 1 saturated carbocycles. The summed E-state index contributed by atoms with van der Waals surface area (Å²) in [6.45, 7) is 2.09. The van der Waals surface area contributed by atoms with Gasteiger partial charge in [-0.15, -0.1) is 0 Å². The number of rotatable bonds is 4. The third kappa shape index (κ3) is 3.88. The van der Waals surface area contributed by atoms with Crippen LogP contribution >= 0.6 is 11.8 Å². The van der Waals surface area contributed by atoms with Crippen LogP contribution in [0.2, 0.25) is 0 Å². The second-order valence-electron chi connectivity index (χ2n) is 5.67. The lowest BCUT2D eigenvalue weighted by Crippen LogP contribution is -2.24. The number of amidine groups is 1. The summed E-state index contributed by atoms with van der Waals surface area (Å²) in [5.74, 6) is -0.137. The summed E-state index contributed by atoms with van der Waals surface area (Å²) < 4.78 is 0. The van der Waals surface area contributed by atoms with E-state index in [1.165, 1.54) is 17.3 Å². The Morgan fingerprint density at radius 3 is 2.83 bits per heavy atom. The van der Waals surface area contributed by atoms with Crippen LogP contribution in [-0.4, -0.2) is 28.4 Å². The number of amides is 2. The van der Waals surface area contributed by atoms with Crippen molar-refractivity contribution in [2.75, 3.05) is 11.1 Å². The number of fused-ring (bicyclic) bond motifs is 1. The number of anilines is 1. The lowest BCUT2D eigenvalue weighted by atomic mass is 10.1. The molecular weight excluding hydrogens is 310 g/mol. The van der Waals surface area contributed by atoms with Gasteiger partial charge in [0.2, 0.25) is 5.91 Å². The van der Waals surface area contributed by atoms with Crippen molar-refractivity contribution in [3.63, 3.8) is 0 Å². The smallest absolute Gasteiger partial charge is 0.256 e. The van der Waals surface area contributed by atoms with Crippen molar-refractivity contribution in [1.82, 2.24) is 0 Å². The quantitative estimate of drug-likeness (QED) is 0.923. The molecule has 1 aliphatic carbocycles. The highest BCUT2D eigenvalue weighted by atomic mass is 32.2. The number of benzene rings is 1. The number of carbonyl (C=O) groups is 2. The van der Waals surface area contributed by atoms with Gasteiger partial charge in [-0.1, -0.05) is 30.8 Å². The zero-order valence-electron chi connectivity index (χ0n) is 13.0. The lowest BCUT2D eigenvalue weighted by Gasteiger charge is -2.13. The lowest BCUT2D eigenvalue weighted by molar-refractivity contribution is -0.119. The molecule has 0 spiro atoms. The summed E-state index contributed by atoms with van der Waals surface area (Å²) in [6, 6.07) is 7.79. The van der Waals surface area contributed by atoms with Gasteiger partial charge in [0, 0.05) is 11.4 Å². The minimum atomic E-state index is -0.122. The molecule has 0 radical (unpaired) electrons. The van der Waals surface area contributed by atoms with E-state index in [0.29, 0.717) is 5.17 Å². The molecule has 1 aromatic carbocycles. The summed E-state index contributed by atoms with van der Waals surface area (Å²) in [7, 11) is 0. The van der Waals surface area contributed by atoms with Crippen molar-refractivity contribution < 1.29 is 9.59 Å². The van der Waals surface area contributed by atoms with Crippen LogP contribution in [-0.2, 0) is 16.0 Å². The highest BCUT2D eigenvalue weighted by Crippen LogP contribution is 2.28. The van der Waals surface area contributed by atoms with Gasteiger partial charge in [-0.2, -0.15) is 4.99 Å². The summed E-state index contributed by atoms with van der Waals surface area (Å²) in [5.41, 5.74) is 2.94. The summed E-state index contributed by atoms with van der Waals surface area (Å²) in [5, 5.41) is 3.26. The van der Waals surface area contributed by atoms with E-state index in [1.807, 2.05) is 24.3 Å². The van der Waals surface area contributed by atoms with Crippen molar-refractivity contribution in [3.05, 3.63) is 29.8 Å². The number of carbonyl (C=O) groups excluding carboxylic acids is 2. The molecule has 23 heavy (non-hydrogen) atoms. The van der Waals surface area contributed by atoms with E-state index in [9.17, 15) is 9.59 Å². The fraction of sp³-hybridized carbons (Fsp3) is 0.412. The van der Waals surface area contributed by atoms with Crippen molar-refractivity contribution in [1.29, 1.82) is 0 Å². The number of aryl methyl sites for hydroxylation is 1. The molecule has 3 rings (SSSR count). The maximum absolute atomic E-state index is 12.0. The normalized spacial score (nSPS) is 19.9. The Kier molecular flexibility index (Phi) is 4.91. The van der Waals surface area contributed by atoms with Gasteiger partial charge in [0.15, 0.2) is 5.17 Å². The van der Waals surface area contributed by atoms with Crippen LogP contribution in [0.5, 0.6) is 0 Å². The van der Waals surface area contributed by atoms with E-state index in [-0.39, 0.29) is 23.5 Å². The van der Waals surface area contributed by atoms with Gasteiger partial charge in [-0.3, -0.25) is 9.59 Å². The number of aliphatic imine (C=N–C) groups is 2. The largest absolute Gasteiger partial charge is 0.325 e. The van der Waals surface area contributed by atoms with E-state index in [4.69, 9.17) is 0 Å². The van der Waals surface area contributed by atoms with E-state index < -0.39 is 0 Å². The van der Waals surface area contributed by atoms with Crippen LogP contribution in [0.15, 0.2) is 34.3 Å². The second-order valence-corrected chi connectivity index (χ2v) is 6.61. The maximum atomic E-state index is 12.0. The molecule has 6 heteroatoms. The average Bonchev–Trinajstić information content (AvgIpc) is 3.03. The number of hydrogen-bond acceptors (Lipinski definition) is 4. The first-order valence-electron chi connectivity index (χ1n) is 7.87. The molecule has 1 atom stereocenters. The first-order chi connectivity index (χ1) is 11.2. The molecule has 2 amide bonds. The third-order valence-electron chi connectivity index (χ3n) is 4.05.